The highest BCUT2D eigenvalue weighted by Crippen LogP contribution is 2.25. The molecule has 10 heteroatoms. The molecule has 3 rings (SSSR count). The Balaban J connectivity index is 1.63. The van der Waals surface area contributed by atoms with E-state index in [1.807, 2.05) is 30.3 Å². The Morgan fingerprint density at radius 1 is 1.21 bits per heavy atom. The summed E-state index contributed by atoms with van der Waals surface area (Å²) in [5, 5.41) is 23.7. The maximum Gasteiger partial charge on any atom is 0.331 e. The van der Waals surface area contributed by atoms with E-state index >= 15 is 0 Å². The van der Waals surface area contributed by atoms with Gasteiger partial charge in [-0.2, -0.15) is 17.4 Å². The molecule has 0 saturated carbocycles. The van der Waals surface area contributed by atoms with Crippen molar-refractivity contribution in [2.75, 3.05) is 5.75 Å². The fourth-order valence-electron chi connectivity index (χ4n) is 2.84. The number of nitrogens with zero attached hydrogens (tertiary/aromatic N) is 4. The lowest BCUT2D eigenvalue weighted by Crippen LogP contribution is -2.38. The number of benzene rings is 1. The average molecular weight is 432 g/mol. The molecule has 0 aliphatic heterocycles. The fourth-order valence-corrected chi connectivity index (χ4v) is 4.22. The SMILES string of the molecule is O=C(NC(C(=O)O)c1ccc(Cn2ncnn2)s1)C(CS)CCc1ccccc1. The minimum atomic E-state index is -1.11. The largest absolute Gasteiger partial charge is 0.479 e. The number of carbonyl (C=O) groups excluding carboxylic acids is 1. The van der Waals surface area contributed by atoms with Gasteiger partial charge in [-0.15, -0.1) is 21.5 Å². The van der Waals surface area contributed by atoms with Crippen LogP contribution in [-0.4, -0.2) is 42.9 Å². The van der Waals surface area contributed by atoms with Gasteiger partial charge in [0.1, 0.15) is 0 Å². The van der Waals surface area contributed by atoms with Crippen LogP contribution < -0.4 is 5.32 Å². The molecule has 2 heterocycles. The first-order chi connectivity index (χ1) is 14.1. The van der Waals surface area contributed by atoms with Gasteiger partial charge in [0.25, 0.3) is 0 Å². The van der Waals surface area contributed by atoms with Gasteiger partial charge in [-0.05, 0) is 35.8 Å². The molecule has 1 amide bonds. The van der Waals surface area contributed by atoms with Crippen molar-refractivity contribution in [3.8, 4) is 0 Å². The third kappa shape index (κ3) is 5.88. The quantitative estimate of drug-likeness (QED) is 0.425. The summed E-state index contributed by atoms with van der Waals surface area (Å²) in [7, 11) is 0. The summed E-state index contributed by atoms with van der Waals surface area (Å²) in [6.45, 7) is 0.390. The number of hydrogen-bond donors (Lipinski definition) is 3. The summed E-state index contributed by atoms with van der Waals surface area (Å²) in [6.07, 6.45) is 2.66. The molecular weight excluding hydrogens is 410 g/mol. The fraction of sp³-hybridized carbons (Fsp3) is 0.316. The maximum atomic E-state index is 12.7. The van der Waals surface area contributed by atoms with E-state index in [0.717, 1.165) is 16.9 Å². The third-order valence-electron chi connectivity index (χ3n) is 4.40. The molecule has 2 unspecified atom stereocenters. The zero-order valence-corrected chi connectivity index (χ0v) is 17.2. The Labute approximate surface area is 177 Å². The van der Waals surface area contributed by atoms with Gasteiger partial charge < -0.3 is 10.4 Å². The second-order valence-electron chi connectivity index (χ2n) is 6.45. The van der Waals surface area contributed by atoms with E-state index in [9.17, 15) is 14.7 Å². The maximum absolute atomic E-state index is 12.7. The van der Waals surface area contributed by atoms with Gasteiger partial charge in [0.2, 0.25) is 5.91 Å². The van der Waals surface area contributed by atoms with Crippen LogP contribution in [0.5, 0.6) is 0 Å². The molecule has 2 aromatic heterocycles. The molecule has 0 spiro atoms. The summed E-state index contributed by atoms with van der Waals surface area (Å²) < 4.78 is 0. The minimum absolute atomic E-state index is 0.309. The topological polar surface area (TPSA) is 110 Å². The number of carboxylic acids is 1. The first-order valence-corrected chi connectivity index (χ1v) is 10.5. The lowest BCUT2D eigenvalue weighted by molar-refractivity contribution is -0.142. The highest BCUT2D eigenvalue weighted by atomic mass is 32.1. The van der Waals surface area contributed by atoms with Gasteiger partial charge in [0.15, 0.2) is 12.4 Å². The van der Waals surface area contributed by atoms with Crippen LogP contribution >= 0.6 is 24.0 Å². The number of thiophene rings is 1. The summed E-state index contributed by atoms with van der Waals surface area (Å²) >= 11 is 5.58. The van der Waals surface area contributed by atoms with Crippen molar-refractivity contribution in [2.24, 2.45) is 5.92 Å². The standard InChI is InChI=1S/C19H21N5O3S2/c25-18(14(11-28)7-6-13-4-2-1-3-5-13)22-17(19(26)27)16-9-8-15(29-16)10-24-21-12-20-23-24/h1-5,8-9,12,14,17,28H,6-7,10-11H2,(H,22,25)(H,26,27). The molecule has 8 nitrogen and oxygen atoms in total. The third-order valence-corrected chi connectivity index (χ3v) is 5.98. The van der Waals surface area contributed by atoms with Crippen molar-refractivity contribution in [1.29, 1.82) is 0 Å². The predicted molar refractivity (Wildman–Crippen MR) is 112 cm³/mol. The Morgan fingerprint density at radius 3 is 2.66 bits per heavy atom. The van der Waals surface area contributed by atoms with Crippen molar-refractivity contribution in [2.45, 2.75) is 25.4 Å². The lowest BCUT2D eigenvalue weighted by atomic mass is 9.99. The van der Waals surface area contributed by atoms with Gasteiger partial charge in [-0.25, -0.2) is 4.79 Å². The Morgan fingerprint density at radius 2 is 2.00 bits per heavy atom. The highest BCUT2D eigenvalue weighted by Gasteiger charge is 2.27. The Bertz CT molecular complexity index is 930. The summed E-state index contributed by atoms with van der Waals surface area (Å²) in [5.41, 5.74) is 1.13. The summed E-state index contributed by atoms with van der Waals surface area (Å²) in [5.74, 6) is -1.44. The van der Waals surface area contributed by atoms with Crippen molar-refractivity contribution in [3.63, 3.8) is 0 Å². The van der Waals surface area contributed by atoms with E-state index < -0.39 is 12.0 Å². The minimum Gasteiger partial charge on any atom is -0.479 e. The summed E-state index contributed by atoms with van der Waals surface area (Å²) in [4.78, 5) is 27.3. The number of aliphatic carboxylic acids is 1. The number of nitrogens with one attached hydrogen (secondary N) is 1. The van der Waals surface area contributed by atoms with Crippen LogP contribution in [0.3, 0.4) is 0 Å². The number of hydrogen-bond acceptors (Lipinski definition) is 7. The van der Waals surface area contributed by atoms with Crippen LogP contribution in [0.25, 0.3) is 0 Å². The van der Waals surface area contributed by atoms with Gasteiger partial charge in [-0.1, -0.05) is 30.3 Å². The molecule has 0 bridgehead atoms. The molecule has 29 heavy (non-hydrogen) atoms. The number of aryl methyl sites for hydroxylation is 1. The molecule has 152 valence electrons. The van der Waals surface area contributed by atoms with Crippen molar-refractivity contribution >= 4 is 35.8 Å². The van der Waals surface area contributed by atoms with Crippen LogP contribution in [0.1, 0.15) is 27.8 Å². The van der Waals surface area contributed by atoms with Gasteiger partial charge in [-0.3, -0.25) is 4.79 Å². The zero-order chi connectivity index (χ0) is 20.6. The zero-order valence-electron chi connectivity index (χ0n) is 15.5. The van der Waals surface area contributed by atoms with E-state index in [1.54, 1.807) is 12.1 Å². The molecule has 0 fully saturated rings. The van der Waals surface area contributed by atoms with Gasteiger partial charge >= 0.3 is 5.97 Å². The van der Waals surface area contributed by atoms with Crippen molar-refractivity contribution in [1.82, 2.24) is 25.5 Å². The van der Waals surface area contributed by atoms with E-state index in [4.69, 9.17) is 0 Å². The second kappa shape index (κ2) is 10.2. The van der Waals surface area contributed by atoms with E-state index in [0.29, 0.717) is 23.6 Å². The molecule has 0 radical (unpaired) electrons. The van der Waals surface area contributed by atoms with E-state index in [1.165, 1.54) is 22.5 Å². The molecule has 3 aromatic rings. The smallest absolute Gasteiger partial charge is 0.331 e. The van der Waals surface area contributed by atoms with Crippen LogP contribution in [0, 0.1) is 5.92 Å². The number of thiol groups is 1. The van der Waals surface area contributed by atoms with Gasteiger partial charge in [0, 0.05) is 21.4 Å². The number of amides is 1. The Hall–Kier alpha value is -2.72. The van der Waals surface area contributed by atoms with Crippen LogP contribution in [0.4, 0.5) is 0 Å². The lowest BCUT2D eigenvalue weighted by Gasteiger charge is -2.18. The van der Waals surface area contributed by atoms with E-state index in [-0.39, 0.29) is 11.8 Å². The number of carboxylic acid groups (broad SMARTS) is 1. The molecular formula is C19H21N5O3S2. The molecule has 1 aromatic carbocycles. The second-order valence-corrected chi connectivity index (χ2v) is 8.02. The van der Waals surface area contributed by atoms with E-state index in [2.05, 4.69) is 33.4 Å². The number of rotatable bonds is 10. The molecule has 0 aliphatic carbocycles. The highest BCUT2D eigenvalue weighted by molar-refractivity contribution is 7.80. The number of carbonyl (C=O) groups is 2. The van der Waals surface area contributed by atoms with Crippen molar-refractivity contribution in [3.05, 3.63) is 64.1 Å². The van der Waals surface area contributed by atoms with Gasteiger partial charge in [0.05, 0.1) is 6.54 Å². The first kappa shape index (κ1) is 21.0. The number of aromatic nitrogens is 4. The predicted octanol–water partition coefficient (Wildman–Crippen LogP) is 2.20. The Kier molecular flexibility index (Phi) is 7.36. The monoisotopic (exact) mass is 431 g/mol. The number of tetrazole rings is 1. The first-order valence-electron chi connectivity index (χ1n) is 9.04. The molecule has 2 N–H and O–H groups in total. The molecule has 0 saturated heterocycles. The normalized spacial score (nSPS) is 13.0. The van der Waals surface area contributed by atoms with Crippen LogP contribution in [0.15, 0.2) is 48.8 Å². The van der Waals surface area contributed by atoms with Crippen LogP contribution in [0.2, 0.25) is 0 Å². The molecule has 2 atom stereocenters. The average Bonchev–Trinajstić information content (AvgIpc) is 3.40. The molecule has 0 aliphatic rings. The van der Waals surface area contributed by atoms with Crippen molar-refractivity contribution < 1.29 is 14.7 Å². The van der Waals surface area contributed by atoms with Crippen LogP contribution in [-0.2, 0) is 22.6 Å². The summed E-state index contributed by atoms with van der Waals surface area (Å²) in [6, 6.07) is 12.3.